The van der Waals surface area contributed by atoms with Crippen LogP contribution in [0.4, 0.5) is 21.6 Å². The van der Waals surface area contributed by atoms with Gasteiger partial charge in [-0.15, -0.1) is 0 Å². The molecule has 5 heteroatoms. The Labute approximate surface area is 147 Å². The zero-order valence-electron chi connectivity index (χ0n) is 14.7. The minimum absolute atomic E-state index is 0.234. The summed E-state index contributed by atoms with van der Waals surface area (Å²) in [5.74, 6) is 0.549. The van der Waals surface area contributed by atoms with Crippen molar-refractivity contribution in [2.24, 2.45) is 0 Å². The van der Waals surface area contributed by atoms with E-state index in [0.717, 1.165) is 42.0 Å². The molecule has 0 N–H and O–H groups in total. The Hall–Kier alpha value is -2.56. The number of nitrogens with zero attached hydrogens (tertiary/aromatic N) is 4. The van der Waals surface area contributed by atoms with Crippen LogP contribution in [-0.2, 0) is 6.54 Å². The molecule has 0 bridgehead atoms. The average Bonchev–Trinajstić information content (AvgIpc) is 3.29. The maximum absolute atomic E-state index is 13.8. The van der Waals surface area contributed by atoms with E-state index in [1.165, 1.54) is 24.6 Å². The quantitative estimate of drug-likeness (QED) is 0.697. The molecule has 1 saturated heterocycles. The van der Waals surface area contributed by atoms with Crippen LogP contribution >= 0.6 is 0 Å². The lowest BCUT2D eigenvalue weighted by molar-refractivity contribution is 0.629. The summed E-state index contributed by atoms with van der Waals surface area (Å²) >= 11 is 0. The molecule has 1 fully saturated rings. The highest BCUT2D eigenvalue weighted by Gasteiger charge is 2.17. The van der Waals surface area contributed by atoms with Crippen LogP contribution in [0, 0.1) is 5.82 Å². The Balaban J connectivity index is 1.69. The molecule has 2 heterocycles. The highest BCUT2D eigenvalue weighted by atomic mass is 19.1. The van der Waals surface area contributed by atoms with Gasteiger partial charge in [-0.3, -0.25) is 4.68 Å². The van der Waals surface area contributed by atoms with Crippen LogP contribution in [0.3, 0.4) is 0 Å². The maximum atomic E-state index is 13.8. The van der Waals surface area contributed by atoms with Gasteiger partial charge in [-0.25, -0.2) is 4.39 Å². The van der Waals surface area contributed by atoms with E-state index in [-0.39, 0.29) is 5.82 Å². The van der Waals surface area contributed by atoms with Crippen LogP contribution in [0.25, 0.3) is 10.9 Å². The molecule has 1 aliphatic rings. The van der Waals surface area contributed by atoms with Crippen molar-refractivity contribution in [1.29, 1.82) is 0 Å². The summed E-state index contributed by atoms with van der Waals surface area (Å²) in [6, 6.07) is 13.4. The van der Waals surface area contributed by atoms with Crippen molar-refractivity contribution in [2.45, 2.75) is 26.3 Å². The van der Waals surface area contributed by atoms with Crippen molar-refractivity contribution >= 4 is 28.1 Å². The lowest BCUT2D eigenvalue weighted by Gasteiger charge is -2.21. The third kappa shape index (κ3) is 2.84. The van der Waals surface area contributed by atoms with E-state index in [0.29, 0.717) is 0 Å². The van der Waals surface area contributed by atoms with Crippen LogP contribution < -0.4 is 9.80 Å². The van der Waals surface area contributed by atoms with Gasteiger partial charge in [0.05, 0.1) is 5.52 Å². The van der Waals surface area contributed by atoms with Gasteiger partial charge in [0.1, 0.15) is 5.82 Å². The highest BCUT2D eigenvalue weighted by molar-refractivity contribution is 5.92. The van der Waals surface area contributed by atoms with Crippen molar-refractivity contribution in [3.8, 4) is 0 Å². The fourth-order valence-electron chi connectivity index (χ4n) is 3.61. The fourth-order valence-corrected chi connectivity index (χ4v) is 3.61. The standard InChI is InChI=1S/C20H23FN4/c1-3-25-19-11-6-15(21)14-18(19)20(22-25)23(2)16-7-9-17(10-8-16)24-12-4-5-13-24/h6-11,14H,3-5,12-13H2,1-2H3. The number of hydrogen-bond acceptors (Lipinski definition) is 3. The summed E-state index contributed by atoms with van der Waals surface area (Å²) in [7, 11) is 1.98. The van der Waals surface area contributed by atoms with E-state index < -0.39 is 0 Å². The molecule has 0 aliphatic carbocycles. The third-order valence-corrected chi connectivity index (χ3v) is 5.02. The summed E-state index contributed by atoms with van der Waals surface area (Å²) in [4.78, 5) is 4.45. The second-order valence-corrected chi connectivity index (χ2v) is 6.57. The molecular formula is C20H23FN4. The van der Waals surface area contributed by atoms with Gasteiger partial charge in [-0.2, -0.15) is 5.10 Å². The Kier molecular flexibility index (Phi) is 4.07. The van der Waals surface area contributed by atoms with Gasteiger partial charge in [0.15, 0.2) is 5.82 Å². The summed E-state index contributed by atoms with van der Waals surface area (Å²) in [5, 5.41) is 5.53. The average molecular weight is 338 g/mol. The number of rotatable bonds is 4. The normalized spacial score (nSPS) is 14.4. The van der Waals surface area contributed by atoms with Crippen molar-refractivity contribution in [1.82, 2.24) is 9.78 Å². The van der Waals surface area contributed by atoms with Gasteiger partial charge < -0.3 is 9.80 Å². The summed E-state index contributed by atoms with van der Waals surface area (Å²) in [6.07, 6.45) is 2.54. The Morgan fingerprint density at radius 1 is 1.08 bits per heavy atom. The molecule has 0 spiro atoms. The van der Waals surface area contributed by atoms with E-state index in [2.05, 4.69) is 29.2 Å². The van der Waals surface area contributed by atoms with Crippen molar-refractivity contribution in [3.63, 3.8) is 0 Å². The lowest BCUT2D eigenvalue weighted by atomic mass is 10.2. The van der Waals surface area contributed by atoms with Gasteiger partial charge >= 0.3 is 0 Å². The number of halogens is 1. The minimum atomic E-state index is -0.234. The number of fused-ring (bicyclic) bond motifs is 1. The molecule has 1 aromatic heterocycles. The van der Waals surface area contributed by atoms with Crippen molar-refractivity contribution in [2.75, 3.05) is 29.9 Å². The smallest absolute Gasteiger partial charge is 0.162 e. The Morgan fingerprint density at radius 3 is 2.48 bits per heavy atom. The predicted octanol–water partition coefficient (Wildman–Crippen LogP) is 4.56. The maximum Gasteiger partial charge on any atom is 0.162 e. The third-order valence-electron chi connectivity index (χ3n) is 5.02. The fraction of sp³-hybridized carbons (Fsp3) is 0.350. The number of aryl methyl sites for hydroxylation is 1. The van der Waals surface area contributed by atoms with E-state index >= 15 is 0 Å². The predicted molar refractivity (Wildman–Crippen MR) is 101 cm³/mol. The molecule has 1 aliphatic heterocycles. The minimum Gasteiger partial charge on any atom is -0.372 e. The molecule has 25 heavy (non-hydrogen) atoms. The van der Waals surface area contributed by atoms with Crippen LogP contribution in [-0.4, -0.2) is 29.9 Å². The first-order valence-corrected chi connectivity index (χ1v) is 8.92. The molecule has 0 saturated carbocycles. The monoisotopic (exact) mass is 338 g/mol. The SMILES string of the molecule is CCn1nc(N(C)c2ccc(N3CCCC3)cc2)c2cc(F)ccc21. The van der Waals surface area contributed by atoms with E-state index in [4.69, 9.17) is 5.10 Å². The van der Waals surface area contributed by atoms with Gasteiger partial charge in [-0.1, -0.05) is 0 Å². The molecule has 130 valence electrons. The van der Waals surface area contributed by atoms with Crippen LogP contribution in [0.15, 0.2) is 42.5 Å². The number of aromatic nitrogens is 2. The molecule has 0 atom stereocenters. The van der Waals surface area contributed by atoms with Gasteiger partial charge in [0, 0.05) is 43.4 Å². The Morgan fingerprint density at radius 2 is 1.80 bits per heavy atom. The van der Waals surface area contributed by atoms with E-state index in [9.17, 15) is 4.39 Å². The largest absolute Gasteiger partial charge is 0.372 e. The summed E-state index contributed by atoms with van der Waals surface area (Å²) < 4.78 is 15.7. The van der Waals surface area contributed by atoms with Crippen molar-refractivity contribution < 1.29 is 4.39 Å². The second kappa shape index (κ2) is 6.39. The van der Waals surface area contributed by atoms with E-state index in [1.54, 1.807) is 12.1 Å². The first-order chi connectivity index (χ1) is 12.2. The first kappa shape index (κ1) is 15.9. The first-order valence-electron chi connectivity index (χ1n) is 8.92. The van der Waals surface area contributed by atoms with Crippen LogP contribution in [0.5, 0.6) is 0 Å². The molecule has 0 unspecified atom stereocenters. The van der Waals surface area contributed by atoms with E-state index in [1.807, 2.05) is 23.6 Å². The summed E-state index contributed by atoms with van der Waals surface area (Å²) in [5.41, 5.74) is 3.28. The number of benzene rings is 2. The highest BCUT2D eigenvalue weighted by Crippen LogP contribution is 2.32. The summed E-state index contributed by atoms with van der Waals surface area (Å²) in [6.45, 7) is 5.08. The molecule has 4 rings (SSSR count). The zero-order chi connectivity index (χ0) is 17.4. The Bertz CT molecular complexity index is 879. The topological polar surface area (TPSA) is 24.3 Å². The van der Waals surface area contributed by atoms with Gasteiger partial charge in [-0.05, 0) is 62.2 Å². The molecule has 2 aromatic carbocycles. The van der Waals surface area contributed by atoms with Crippen molar-refractivity contribution in [3.05, 3.63) is 48.3 Å². The van der Waals surface area contributed by atoms with Gasteiger partial charge in [0.2, 0.25) is 0 Å². The lowest BCUT2D eigenvalue weighted by Crippen LogP contribution is -2.17. The van der Waals surface area contributed by atoms with Crippen LogP contribution in [0.1, 0.15) is 19.8 Å². The second-order valence-electron chi connectivity index (χ2n) is 6.57. The molecule has 3 aromatic rings. The number of anilines is 3. The van der Waals surface area contributed by atoms with Crippen LogP contribution in [0.2, 0.25) is 0 Å². The molecular weight excluding hydrogens is 315 g/mol. The zero-order valence-corrected chi connectivity index (χ0v) is 14.7. The molecule has 0 amide bonds. The molecule has 4 nitrogen and oxygen atoms in total. The molecule has 0 radical (unpaired) electrons. The number of hydrogen-bond donors (Lipinski definition) is 0. The van der Waals surface area contributed by atoms with Gasteiger partial charge in [0.25, 0.3) is 0 Å².